The van der Waals surface area contributed by atoms with Crippen LogP contribution in [-0.4, -0.2) is 59.5 Å². The number of likely N-dealkylation sites (tertiary alicyclic amines) is 1. The fourth-order valence-corrected chi connectivity index (χ4v) is 4.27. The van der Waals surface area contributed by atoms with Gasteiger partial charge in [0.05, 0.1) is 18.9 Å². The zero-order valence-corrected chi connectivity index (χ0v) is 19.3. The molecule has 2 atom stereocenters. The number of hydrogen-bond acceptors (Lipinski definition) is 3. The molecule has 1 aromatic carbocycles. The van der Waals surface area contributed by atoms with E-state index in [-0.39, 0.29) is 36.4 Å². The van der Waals surface area contributed by atoms with Crippen LogP contribution in [-0.2, 0) is 11.2 Å². The van der Waals surface area contributed by atoms with Gasteiger partial charge in [-0.2, -0.15) is 0 Å². The molecule has 8 heteroatoms. The standard InChI is InChI=1S/C21H28N6O.HI/c1-16-7-10-25(14-19(16)26-12-9-23-15-26)21(22-2)24-13-20(28)27-11-8-17-5-3-4-6-18(17)27;/h3-6,9,12,15-16,19H,7-8,10-11,13-14H2,1-2H3,(H,22,24);1H. The van der Waals surface area contributed by atoms with Crippen LogP contribution in [0.3, 0.4) is 0 Å². The van der Waals surface area contributed by atoms with E-state index < -0.39 is 0 Å². The van der Waals surface area contributed by atoms with Crippen LogP contribution in [0.2, 0.25) is 0 Å². The average Bonchev–Trinajstić information content (AvgIpc) is 3.39. The smallest absolute Gasteiger partial charge is 0.246 e. The minimum absolute atomic E-state index is 0. The molecule has 1 aromatic heterocycles. The van der Waals surface area contributed by atoms with Crippen molar-refractivity contribution in [3.05, 3.63) is 48.5 Å². The third kappa shape index (κ3) is 4.57. The number of aromatic nitrogens is 2. The molecule has 0 spiro atoms. The first-order chi connectivity index (χ1) is 13.7. The number of carbonyl (C=O) groups excluding carboxylic acids is 1. The molecule has 156 valence electrons. The van der Waals surface area contributed by atoms with Gasteiger partial charge in [0.15, 0.2) is 5.96 Å². The van der Waals surface area contributed by atoms with Crippen LogP contribution < -0.4 is 10.2 Å². The number of hydrogen-bond donors (Lipinski definition) is 1. The number of aliphatic imine (C=N–C) groups is 1. The fraction of sp³-hybridized carbons (Fsp3) is 0.476. The normalized spacial score (nSPS) is 21.5. The van der Waals surface area contributed by atoms with Crippen molar-refractivity contribution in [1.29, 1.82) is 0 Å². The molecule has 2 unspecified atom stereocenters. The van der Waals surface area contributed by atoms with E-state index in [0.717, 1.165) is 44.1 Å². The van der Waals surface area contributed by atoms with Gasteiger partial charge in [0.25, 0.3) is 0 Å². The van der Waals surface area contributed by atoms with Gasteiger partial charge in [-0.25, -0.2) is 4.98 Å². The van der Waals surface area contributed by atoms with Crippen LogP contribution in [0.1, 0.15) is 24.9 Å². The fourth-order valence-electron chi connectivity index (χ4n) is 4.27. The summed E-state index contributed by atoms with van der Waals surface area (Å²) in [5, 5.41) is 3.29. The van der Waals surface area contributed by atoms with E-state index in [2.05, 4.69) is 37.8 Å². The molecule has 1 amide bonds. The molecule has 2 aliphatic heterocycles. The number of rotatable bonds is 3. The number of fused-ring (bicyclic) bond motifs is 1. The molecule has 0 aliphatic carbocycles. The predicted octanol–water partition coefficient (Wildman–Crippen LogP) is 2.55. The van der Waals surface area contributed by atoms with Crippen molar-refractivity contribution in [2.45, 2.75) is 25.8 Å². The molecule has 29 heavy (non-hydrogen) atoms. The molecule has 1 fully saturated rings. The number of nitrogens with zero attached hydrogens (tertiary/aromatic N) is 5. The lowest BCUT2D eigenvalue weighted by atomic mass is 9.93. The predicted molar refractivity (Wildman–Crippen MR) is 126 cm³/mol. The number of amides is 1. The molecular weight excluding hydrogens is 479 g/mol. The van der Waals surface area contributed by atoms with Crippen molar-refractivity contribution < 1.29 is 4.79 Å². The van der Waals surface area contributed by atoms with E-state index >= 15 is 0 Å². The number of nitrogens with one attached hydrogen (secondary N) is 1. The summed E-state index contributed by atoms with van der Waals surface area (Å²) in [5.41, 5.74) is 2.28. The van der Waals surface area contributed by atoms with Crippen LogP contribution in [0.25, 0.3) is 0 Å². The minimum atomic E-state index is 0. The first-order valence-electron chi connectivity index (χ1n) is 9.98. The van der Waals surface area contributed by atoms with Crippen molar-refractivity contribution in [2.24, 2.45) is 10.9 Å². The molecule has 7 nitrogen and oxygen atoms in total. The Labute approximate surface area is 189 Å². The number of benzene rings is 1. The van der Waals surface area contributed by atoms with E-state index in [0.29, 0.717) is 12.0 Å². The van der Waals surface area contributed by atoms with Crippen LogP contribution in [0.15, 0.2) is 48.0 Å². The van der Waals surface area contributed by atoms with E-state index in [4.69, 9.17) is 0 Å². The Bertz CT molecular complexity index is 853. The van der Waals surface area contributed by atoms with Gasteiger partial charge in [0.1, 0.15) is 0 Å². The highest BCUT2D eigenvalue weighted by Crippen LogP contribution is 2.28. The lowest BCUT2D eigenvalue weighted by Gasteiger charge is -2.39. The van der Waals surface area contributed by atoms with Gasteiger partial charge in [-0.3, -0.25) is 9.79 Å². The first kappa shape index (κ1) is 21.6. The van der Waals surface area contributed by atoms with Gasteiger partial charge < -0.3 is 19.7 Å². The van der Waals surface area contributed by atoms with Crippen LogP contribution >= 0.6 is 24.0 Å². The lowest BCUT2D eigenvalue weighted by Crippen LogP contribution is -2.51. The SMILES string of the molecule is CN=C(NCC(=O)N1CCc2ccccc21)N1CCC(C)C(n2ccnc2)C1.I. The van der Waals surface area contributed by atoms with Gasteiger partial charge >= 0.3 is 0 Å². The maximum atomic E-state index is 12.8. The van der Waals surface area contributed by atoms with Crippen LogP contribution in [0.4, 0.5) is 5.69 Å². The number of carbonyl (C=O) groups is 1. The molecule has 4 rings (SSSR count). The Hall–Kier alpha value is -2.10. The zero-order chi connectivity index (χ0) is 19.5. The summed E-state index contributed by atoms with van der Waals surface area (Å²) in [6, 6.07) is 8.50. The number of guanidine groups is 1. The summed E-state index contributed by atoms with van der Waals surface area (Å²) in [5.74, 6) is 1.45. The maximum Gasteiger partial charge on any atom is 0.246 e. The summed E-state index contributed by atoms with van der Waals surface area (Å²) >= 11 is 0. The van der Waals surface area contributed by atoms with Crippen molar-refractivity contribution >= 4 is 41.5 Å². The Kier molecular flexibility index (Phi) is 7.15. The third-order valence-electron chi connectivity index (χ3n) is 5.92. The molecule has 1 saturated heterocycles. The molecule has 0 radical (unpaired) electrons. The van der Waals surface area contributed by atoms with Crippen molar-refractivity contribution in [3.8, 4) is 0 Å². The summed E-state index contributed by atoms with van der Waals surface area (Å²) in [7, 11) is 1.78. The summed E-state index contributed by atoms with van der Waals surface area (Å²) in [6.45, 7) is 5.09. The molecule has 0 bridgehead atoms. The average molecular weight is 508 g/mol. The highest BCUT2D eigenvalue weighted by Gasteiger charge is 2.30. The molecule has 2 aromatic rings. The van der Waals surface area contributed by atoms with Crippen LogP contribution in [0.5, 0.6) is 0 Å². The quantitative estimate of drug-likeness (QED) is 0.394. The molecular formula is C21H29IN6O. The van der Waals surface area contributed by atoms with Gasteiger partial charge in [-0.1, -0.05) is 25.1 Å². The molecule has 2 aliphatic rings. The van der Waals surface area contributed by atoms with Crippen molar-refractivity contribution in [2.75, 3.05) is 38.1 Å². The van der Waals surface area contributed by atoms with Gasteiger partial charge in [0, 0.05) is 44.8 Å². The van der Waals surface area contributed by atoms with E-state index in [1.165, 1.54) is 5.56 Å². The number of para-hydroxylation sites is 1. The molecule has 1 N–H and O–H groups in total. The minimum Gasteiger partial charge on any atom is -0.347 e. The first-order valence-corrected chi connectivity index (χ1v) is 9.98. The van der Waals surface area contributed by atoms with E-state index in [1.54, 1.807) is 7.05 Å². The molecule has 3 heterocycles. The Balaban J connectivity index is 0.00000240. The Morgan fingerprint density at radius 3 is 2.90 bits per heavy atom. The number of halogens is 1. The lowest BCUT2D eigenvalue weighted by molar-refractivity contribution is -0.117. The maximum absolute atomic E-state index is 12.8. The van der Waals surface area contributed by atoms with Crippen molar-refractivity contribution in [1.82, 2.24) is 19.8 Å². The summed E-state index contributed by atoms with van der Waals surface area (Å²) in [4.78, 5) is 25.5. The van der Waals surface area contributed by atoms with Gasteiger partial charge in [-0.15, -0.1) is 24.0 Å². The van der Waals surface area contributed by atoms with Gasteiger partial charge in [0.2, 0.25) is 5.91 Å². The third-order valence-corrected chi connectivity index (χ3v) is 5.92. The van der Waals surface area contributed by atoms with E-state index in [9.17, 15) is 4.79 Å². The highest BCUT2D eigenvalue weighted by molar-refractivity contribution is 14.0. The summed E-state index contributed by atoms with van der Waals surface area (Å²) < 4.78 is 2.18. The second-order valence-corrected chi connectivity index (χ2v) is 7.61. The number of imidazole rings is 1. The monoisotopic (exact) mass is 508 g/mol. The number of anilines is 1. The second kappa shape index (κ2) is 9.60. The topological polar surface area (TPSA) is 65.8 Å². The number of piperidine rings is 1. The highest BCUT2D eigenvalue weighted by atomic mass is 127. The van der Waals surface area contributed by atoms with E-state index in [1.807, 2.05) is 41.8 Å². The van der Waals surface area contributed by atoms with Crippen molar-refractivity contribution in [3.63, 3.8) is 0 Å². The summed E-state index contributed by atoms with van der Waals surface area (Å²) in [6.07, 6.45) is 7.74. The molecule has 0 saturated carbocycles. The second-order valence-electron chi connectivity index (χ2n) is 7.61. The largest absolute Gasteiger partial charge is 0.347 e. The van der Waals surface area contributed by atoms with Crippen LogP contribution in [0, 0.1) is 5.92 Å². The zero-order valence-electron chi connectivity index (χ0n) is 17.0. The van der Waals surface area contributed by atoms with Gasteiger partial charge in [-0.05, 0) is 30.4 Å². The Morgan fingerprint density at radius 1 is 1.31 bits per heavy atom. The Morgan fingerprint density at radius 2 is 2.14 bits per heavy atom.